The minimum Gasteiger partial charge on any atom is -0.496 e. The first kappa shape index (κ1) is 49.4. The Morgan fingerprint density at radius 1 is 0.943 bits per heavy atom. The molecule has 15 nitrogen and oxygen atoms in total. The van der Waals surface area contributed by atoms with Crippen molar-refractivity contribution in [3.05, 3.63) is 154 Å². The van der Waals surface area contributed by atoms with Crippen LogP contribution < -0.4 is 18.9 Å². The molecule has 3 aliphatic rings. The zero-order valence-corrected chi connectivity index (χ0v) is 39.4. The summed E-state index contributed by atoms with van der Waals surface area (Å²) in [5.41, 5.74) is 3.28. The van der Waals surface area contributed by atoms with Gasteiger partial charge in [0.25, 0.3) is 5.69 Å². The van der Waals surface area contributed by atoms with Crippen molar-refractivity contribution in [3.63, 3.8) is 0 Å². The molecule has 1 saturated carbocycles. The Balaban J connectivity index is 1.35. The van der Waals surface area contributed by atoms with E-state index >= 15 is 4.79 Å². The molecule has 0 saturated heterocycles. The summed E-state index contributed by atoms with van der Waals surface area (Å²) in [6.07, 6.45) is 8.13. The van der Waals surface area contributed by atoms with E-state index in [2.05, 4.69) is 12.7 Å². The third-order valence-corrected chi connectivity index (χ3v) is 13.6. The first-order chi connectivity index (χ1) is 34.2. The van der Waals surface area contributed by atoms with Crippen molar-refractivity contribution in [2.45, 2.75) is 76.2 Å². The second-order valence-corrected chi connectivity index (χ2v) is 17.7. The maximum atomic E-state index is 15.3. The number of ether oxygens (including phenoxy) is 5. The highest BCUT2D eigenvalue weighted by Gasteiger charge is 2.66. The van der Waals surface area contributed by atoms with Crippen LogP contribution in [0.4, 0.5) is 10.5 Å². The molecule has 366 valence electrons. The highest BCUT2D eigenvalue weighted by Crippen LogP contribution is 2.62. The molecule has 0 unspecified atom stereocenters. The minimum atomic E-state index is -1.62. The highest BCUT2D eigenvalue weighted by molar-refractivity contribution is 6.03. The van der Waals surface area contributed by atoms with Gasteiger partial charge < -0.3 is 38.7 Å². The summed E-state index contributed by atoms with van der Waals surface area (Å²) < 4.78 is 32.6. The average Bonchev–Trinajstić information content (AvgIpc) is 3.38. The first-order valence-corrected chi connectivity index (χ1v) is 23.9. The minimum absolute atomic E-state index is 0.0203. The van der Waals surface area contributed by atoms with E-state index in [0.29, 0.717) is 59.8 Å². The maximum absolute atomic E-state index is 15.3. The van der Waals surface area contributed by atoms with Crippen LogP contribution >= 0.6 is 0 Å². The number of carbonyl (C=O) groups excluding carboxylic acids is 2. The van der Waals surface area contributed by atoms with Crippen LogP contribution in [0.5, 0.6) is 28.7 Å². The molecule has 1 fully saturated rings. The highest BCUT2D eigenvalue weighted by atomic mass is 16.7. The summed E-state index contributed by atoms with van der Waals surface area (Å²) in [4.78, 5) is 45.9. The summed E-state index contributed by atoms with van der Waals surface area (Å²) in [6.45, 7) is 6.32. The number of oxime groups is 1. The second-order valence-electron chi connectivity index (χ2n) is 17.7. The van der Waals surface area contributed by atoms with Crippen molar-refractivity contribution in [2.75, 3.05) is 33.5 Å². The molecular weight excluding hydrogens is 895 g/mol. The lowest BCUT2D eigenvalue weighted by atomic mass is 9.55. The molecule has 1 heterocycles. The molecule has 5 aromatic rings. The smallest absolute Gasteiger partial charge is 0.416 e. The Morgan fingerprint density at radius 2 is 1.67 bits per heavy atom. The van der Waals surface area contributed by atoms with Gasteiger partial charge in [-0.2, -0.15) is 0 Å². The number of benzene rings is 5. The Morgan fingerprint density at radius 3 is 2.40 bits per heavy atom. The third-order valence-electron chi connectivity index (χ3n) is 13.6. The molecule has 2 N–H and O–H groups in total. The number of nitro benzene ring substituents is 1. The van der Waals surface area contributed by atoms with Crippen LogP contribution in [0.2, 0.25) is 0 Å². The van der Waals surface area contributed by atoms with Gasteiger partial charge in [0, 0.05) is 43.2 Å². The van der Waals surface area contributed by atoms with Gasteiger partial charge in [0.1, 0.15) is 41.4 Å². The van der Waals surface area contributed by atoms with Gasteiger partial charge in [-0.05, 0) is 115 Å². The Bertz CT molecular complexity index is 2730. The molecule has 8 rings (SSSR count). The molecule has 1 amide bonds. The monoisotopic (exact) mass is 953 g/mol. The molecule has 0 aromatic heterocycles. The summed E-state index contributed by atoms with van der Waals surface area (Å²) in [6, 6.07) is 28.9. The van der Waals surface area contributed by atoms with Crippen molar-refractivity contribution in [2.24, 2.45) is 22.9 Å². The number of aldehydes is 1. The number of hydrogen-bond acceptors (Lipinski definition) is 13. The largest absolute Gasteiger partial charge is 0.496 e. The maximum Gasteiger partial charge on any atom is 0.416 e. The molecule has 70 heavy (non-hydrogen) atoms. The van der Waals surface area contributed by atoms with E-state index in [4.69, 9.17) is 33.7 Å². The molecule has 0 spiro atoms. The summed E-state index contributed by atoms with van der Waals surface area (Å²) in [5, 5.41) is 38.4. The average molecular weight is 954 g/mol. The molecule has 0 radical (unpaired) electrons. The molecule has 6 atom stereocenters. The van der Waals surface area contributed by atoms with E-state index in [0.717, 1.165) is 46.7 Å². The third kappa shape index (κ3) is 10.3. The van der Waals surface area contributed by atoms with Gasteiger partial charge >= 0.3 is 6.09 Å². The number of nitrogens with zero attached hydrogens (tertiary/aromatic N) is 3. The predicted molar refractivity (Wildman–Crippen MR) is 264 cm³/mol. The zero-order chi connectivity index (χ0) is 49.2. The van der Waals surface area contributed by atoms with E-state index in [9.17, 15) is 25.1 Å². The van der Waals surface area contributed by atoms with E-state index in [1.165, 1.54) is 31.4 Å². The first-order valence-electron chi connectivity index (χ1n) is 23.9. The summed E-state index contributed by atoms with van der Waals surface area (Å²) >= 11 is 0. The van der Waals surface area contributed by atoms with Gasteiger partial charge in [-0.1, -0.05) is 72.6 Å². The Labute approximate surface area is 407 Å². The molecule has 5 aromatic carbocycles. The number of amides is 1. The SMILES string of the molecule is C=CCO[C@@]12Oc3ccc(Oc4ccc(OC)c(C=O)c4)cc3[C@H]3[C@H](CCCCO)[C@@H](CCCCO)C=C(C(=NOCC)C[C@@H]1N(Cc1cccc4ccccc14)C(=O)Oc1ccc([N+](=O)[O-])cc1)[C@H]32. The number of aliphatic hydroxyl groups excluding tert-OH is 2. The fraction of sp³-hybridized carbons (Fsp3) is 0.364. The number of allylic oxidation sites excluding steroid dienone is 1. The lowest BCUT2D eigenvalue weighted by Gasteiger charge is -2.59. The Kier molecular flexibility index (Phi) is 15.9. The number of non-ortho nitro benzene ring substituents is 1. The van der Waals surface area contributed by atoms with Gasteiger partial charge in [-0.25, -0.2) is 4.79 Å². The summed E-state index contributed by atoms with van der Waals surface area (Å²) in [5.74, 6) is -0.772. The zero-order valence-electron chi connectivity index (χ0n) is 39.4. The van der Waals surface area contributed by atoms with Gasteiger partial charge in [0.15, 0.2) is 6.29 Å². The van der Waals surface area contributed by atoms with Crippen LogP contribution in [-0.4, -0.2) is 83.5 Å². The van der Waals surface area contributed by atoms with Gasteiger partial charge in [0.05, 0.1) is 42.4 Å². The lowest BCUT2D eigenvalue weighted by Crippen LogP contribution is -2.70. The van der Waals surface area contributed by atoms with Crippen LogP contribution in [0.1, 0.15) is 79.3 Å². The topological polar surface area (TPSA) is 189 Å². The second kappa shape index (κ2) is 22.6. The van der Waals surface area contributed by atoms with E-state index in [1.807, 2.05) is 61.5 Å². The van der Waals surface area contributed by atoms with Crippen molar-refractivity contribution >= 4 is 34.6 Å². The number of aliphatic hydroxyl groups is 2. The van der Waals surface area contributed by atoms with E-state index in [-0.39, 0.29) is 68.6 Å². The fourth-order valence-electron chi connectivity index (χ4n) is 10.6. The van der Waals surface area contributed by atoms with Crippen molar-refractivity contribution in [3.8, 4) is 28.7 Å². The van der Waals surface area contributed by atoms with E-state index < -0.39 is 28.8 Å². The van der Waals surface area contributed by atoms with Gasteiger partial charge in [0.2, 0.25) is 5.79 Å². The molecule has 0 bridgehead atoms. The Hall–Kier alpha value is -7.07. The van der Waals surface area contributed by atoms with E-state index in [1.54, 1.807) is 35.2 Å². The molecule has 15 heteroatoms. The number of unbranched alkanes of at least 4 members (excludes halogenated alkanes) is 2. The standard InChI is InChI=1S/C55H59N3O12/c1-4-29-66-55-51(57(34-38-16-12-15-36-13-6-7-17-44(36)38)54(62)69-41-21-19-40(20-22-41)58(63)64)33-48(56-67-5-2)46-31-37(14-8-10-27-59)45(18-9-11-28-60)52(53(46)55)47-32-43(24-26-50(47)70-55)68-42-23-25-49(65-3)39(30-42)35-61/h4,6-7,12-13,15-17,19-26,30-32,35,37,45,51-53,59-60H,1,5,8-11,14,18,27-29,33-34H2,2-3H3/t37-,45+,51-,52+,53+,55+/m0/s1. The summed E-state index contributed by atoms with van der Waals surface area (Å²) in [7, 11) is 1.50. The lowest BCUT2D eigenvalue weighted by molar-refractivity contribution is -0.384. The number of carbonyl (C=O) groups is 2. The van der Waals surface area contributed by atoms with Crippen LogP contribution in [0.25, 0.3) is 10.8 Å². The number of hydrogen-bond donors (Lipinski definition) is 2. The number of rotatable bonds is 22. The van der Waals surface area contributed by atoms with Crippen LogP contribution in [0.3, 0.4) is 0 Å². The van der Waals surface area contributed by atoms with Gasteiger partial charge in [-0.15, -0.1) is 6.58 Å². The number of methoxy groups -OCH3 is 1. The van der Waals surface area contributed by atoms with Crippen molar-refractivity contribution in [1.29, 1.82) is 0 Å². The molecular formula is C55H59N3O12. The molecule has 2 aliphatic carbocycles. The van der Waals surface area contributed by atoms with Crippen LogP contribution in [0, 0.1) is 27.9 Å². The quantitative estimate of drug-likeness (QED) is 0.0220. The fourth-order valence-corrected chi connectivity index (χ4v) is 10.6. The number of nitro groups is 1. The van der Waals surface area contributed by atoms with Crippen molar-refractivity contribution < 1.29 is 53.2 Å². The predicted octanol–water partition coefficient (Wildman–Crippen LogP) is 10.7. The van der Waals surface area contributed by atoms with Gasteiger partial charge in [-0.3, -0.25) is 19.8 Å². The number of fused-ring (bicyclic) bond motifs is 3. The van der Waals surface area contributed by atoms with Crippen molar-refractivity contribution in [1.82, 2.24) is 4.90 Å². The van der Waals surface area contributed by atoms with Crippen LogP contribution in [-0.2, 0) is 16.1 Å². The van der Waals surface area contributed by atoms with Crippen LogP contribution in [0.15, 0.2) is 133 Å². The molecule has 1 aliphatic heterocycles. The normalized spacial score (nSPS) is 21.6.